The van der Waals surface area contributed by atoms with Crippen molar-refractivity contribution in [2.75, 3.05) is 6.54 Å². The summed E-state index contributed by atoms with van der Waals surface area (Å²) in [7, 11) is 0. The average Bonchev–Trinajstić information content (AvgIpc) is 3.07. The van der Waals surface area contributed by atoms with Gasteiger partial charge in [0.25, 0.3) is 11.5 Å². The molecule has 8 heteroatoms. The fraction of sp³-hybridized carbons (Fsp3) is 0.346. The van der Waals surface area contributed by atoms with Crippen LogP contribution in [0.5, 0.6) is 11.6 Å². The maximum atomic E-state index is 13.4. The minimum Gasteiger partial charge on any atom is -0.438 e. The number of hydrogen-bond acceptors (Lipinski definition) is 6. The van der Waals surface area contributed by atoms with E-state index in [2.05, 4.69) is 45.3 Å². The number of carbonyl (C=O) groups excluding carboxylic acids is 1. The highest BCUT2D eigenvalue weighted by atomic mass is 32.2. The fourth-order valence-corrected chi connectivity index (χ4v) is 5.18. The minimum absolute atomic E-state index is 0.0151. The van der Waals surface area contributed by atoms with Crippen LogP contribution < -0.4 is 10.3 Å². The van der Waals surface area contributed by atoms with Crippen LogP contribution in [0.1, 0.15) is 51.7 Å². The van der Waals surface area contributed by atoms with Gasteiger partial charge < -0.3 is 9.64 Å². The van der Waals surface area contributed by atoms with Crippen LogP contribution >= 0.6 is 24.4 Å². The third-order valence-electron chi connectivity index (χ3n) is 5.67. The van der Waals surface area contributed by atoms with Crippen molar-refractivity contribution >= 4 is 42.0 Å². The van der Waals surface area contributed by atoms with Gasteiger partial charge in [0, 0.05) is 12.7 Å². The van der Waals surface area contributed by atoms with E-state index in [9.17, 15) is 9.59 Å². The summed E-state index contributed by atoms with van der Waals surface area (Å²) in [6.45, 7) is 9.15. The number of hydrogen-bond donors (Lipinski definition) is 1. The molecule has 4 rings (SSSR count). The van der Waals surface area contributed by atoms with E-state index in [-0.39, 0.29) is 33.0 Å². The summed E-state index contributed by atoms with van der Waals surface area (Å²) in [5.74, 6) is 0.613. The molecule has 0 saturated carbocycles. The highest BCUT2D eigenvalue weighted by Crippen LogP contribution is 2.39. The lowest BCUT2D eigenvalue weighted by molar-refractivity contribution is -0.125. The van der Waals surface area contributed by atoms with Gasteiger partial charge in [0.15, 0.2) is 0 Å². The van der Waals surface area contributed by atoms with E-state index in [4.69, 9.17) is 4.74 Å². The molecule has 178 valence electrons. The number of pyridine rings is 1. The summed E-state index contributed by atoms with van der Waals surface area (Å²) in [6, 6.07) is 13.1. The Bertz CT molecular complexity index is 1290. The number of rotatable bonds is 6. The summed E-state index contributed by atoms with van der Waals surface area (Å²) in [5, 5.41) is 0. The number of benzene rings is 1. The molecule has 1 fully saturated rings. The van der Waals surface area contributed by atoms with Gasteiger partial charge in [-0.3, -0.25) is 14.0 Å². The van der Waals surface area contributed by atoms with Crippen molar-refractivity contribution in [2.45, 2.75) is 50.7 Å². The van der Waals surface area contributed by atoms with Gasteiger partial charge in [0.1, 0.15) is 21.7 Å². The molecular weight excluding hydrogens is 466 g/mol. The lowest BCUT2D eigenvalue weighted by Gasteiger charge is -2.19. The molecule has 2 aromatic heterocycles. The van der Waals surface area contributed by atoms with E-state index in [1.165, 1.54) is 21.7 Å². The Morgan fingerprint density at radius 1 is 1.15 bits per heavy atom. The molecule has 34 heavy (non-hydrogen) atoms. The average molecular weight is 496 g/mol. The van der Waals surface area contributed by atoms with Crippen LogP contribution in [0.4, 0.5) is 0 Å². The number of amides is 1. The van der Waals surface area contributed by atoms with Gasteiger partial charge in [-0.15, -0.1) is 12.6 Å². The molecule has 0 aliphatic carbocycles. The molecule has 3 aromatic rings. The van der Waals surface area contributed by atoms with E-state index in [1.54, 1.807) is 29.3 Å². The molecule has 0 spiro atoms. The molecule has 0 bridgehead atoms. The molecular formula is C26H29N3O3S2. The molecule has 1 aliphatic rings. The Labute approximate surface area is 209 Å². The van der Waals surface area contributed by atoms with E-state index >= 15 is 0 Å². The lowest BCUT2D eigenvalue weighted by atomic mass is 9.87. The SMILES string of the molecule is CCCCN1C(=O)/C(=C/c2c(Oc3ccc(C(C)(C)C)cc3)nc3ccccn3c2=O)SC1S. The predicted molar refractivity (Wildman–Crippen MR) is 142 cm³/mol. The second-order valence-electron chi connectivity index (χ2n) is 9.25. The Hall–Kier alpha value is -2.71. The first-order valence-corrected chi connectivity index (χ1v) is 12.8. The van der Waals surface area contributed by atoms with Crippen molar-refractivity contribution in [1.82, 2.24) is 14.3 Å². The van der Waals surface area contributed by atoms with E-state index in [1.807, 2.05) is 30.3 Å². The molecule has 1 aliphatic heterocycles. The third-order valence-corrected chi connectivity index (χ3v) is 7.27. The summed E-state index contributed by atoms with van der Waals surface area (Å²) in [6.07, 6.45) is 5.13. The van der Waals surface area contributed by atoms with Gasteiger partial charge in [-0.25, -0.2) is 0 Å². The monoisotopic (exact) mass is 495 g/mol. The molecule has 6 nitrogen and oxygen atoms in total. The second kappa shape index (κ2) is 9.88. The Kier molecular flexibility index (Phi) is 7.09. The molecule has 1 saturated heterocycles. The Morgan fingerprint density at radius 2 is 1.88 bits per heavy atom. The number of aromatic nitrogens is 2. The second-order valence-corrected chi connectivity index (χ2v) is 11.2. The van der Waals surface area contributed by atoms with Crippen molar-refractivity contribution < 1.29 is 9.53 Å². The molecule has 3 heterocycles. The predicted octanol–water partition coefficient (Wildman–Crippen LogP) is 5.71. The van der Waals surface area contributed by atoms with Gasteiger partial charge in [-0.05, 0) is 47.7 Å². The lowest BCUT2D eigenvalue weighted by Crippen LogP contribution is -2.30. The first kappa shape index (κ1) is 24.4. The molecule has 1 aromatic carbocycles. The highest BCUT2D eigenvalue weighted by molar-refractivity contribution is 8.14. The van der Waals surface area contributed by atoms with Crippen LogP contribution in [0.3, 0.4) is 0 Å². The number of thiol groups is 1. The number of thioether (sulfide) groups is 1. The van der Waals surface area contributed by atoms with Gasteiger partial charge in [0.05, 0.1) is 4.91 Å². The first-order chi connectivity index (χ1) is 16.2. The molecule has 1 unspecified atom stereocenters. The van der Waals surface area contributed by atoms with Gasteiger partial charge in [-0.1, -0.05) is 64.1 Å². The molecule has 0 N–H and O–H groups in total. The molecule has 1 atom stereocenters. The summed E-state index contributed by atoms with van der Waals surface area (Å²) in [4.78, 5) is 33.2. The standard InChI is InChI=1S/C26H29N3O3S2/c1-5-6-14-29-24(31)20(34-25(29)33)16-19-22(27-21-9-7-8-15-28(21)23(19)30)32-18-12-10-17(11-13-18)26(2,3)4/h7-13,15-16,25,33H,5-6,14H2,1-4H3/b20-16-. The molecule has 0 radical (unpaired) electrons. The van der Waals surface area contributed by atoms with E-state index in [0.29, 0.717) is 22.8 Å². The number of nitrogens with zero attached hydrogens (tertiary/aromatic N) is 3. The largest absolute Gasteiger partial charge is 0.438 e. The van der Waals surface area contributed by atoms with Gasteiger partial charge >= 0.3 is 0 Å². The van der Waals surface area contributed by atoms with Crippen molar-refractivity contribution in [3.05, 3.63) is 75.0 Å². The zero-order valence-electron chi connectivity index (χ0n) is 19.8. The smallest absolute Gasteiger partial charge is 0.269 e. The van der Waals surface area contributed by atoms with Crippen LogP contribution in [0.2, 0.25) is 0 Å². The van der Waals surface area contributed by atoms with Gasteiger partial charge in [0.2, 0.25) is 5.88 Å². The van der Waals surface area contributed by atoms with Crippen molar-refractivity contribution in [3.63, 3.8) is 0 Å². The number of ether oxygens (including phenoxy) is 1. The van der Waals surface area contributed by atoms with Crippen molar-refractivity contribution in [3.8, 4) is 11.6 Å². The number of carbonyl (C=O) groups is 1. The zero-order chi connectivity index (χ0) is 24.5. The van der Waals surface area contributed by atoms with Crippen molar-refractivity contribution in [1.29, 1.82) is 0 Å². The summed E-state index contributed by atoms with van der Waals surface area (Å²) < 4.78 is 7.28. The number of unbranched alkanes of at least 4 members (excludes halogenated alkanes) is 1. The maximum absolute atomic E-state index is 13.4. The van der Waals surface area contributed by atoms with Crippen LogP contribution in [-0.2, 0) is 10.2 Å². The minimum atomic E-state index is -0.296. The fourth-order valence-electron chi connectivity index (χ4n) is 3.66. The first-order valence-electron chi connectivity index (χ1n) is 11.4. The Balaban J connectivity index is 1.76. The Morgan fingerprint density at radius 3 is 2.56 bits per heavy atom. The summed E-state index contributed by atoms with van der Waals surface area (Å²) in [5.41, 5.74) is 1.60. The highest BCUT2D eigenvalue weighted by Gasteiger charge is 2.34. The van der Waals surface area contributed by atoms with E-state index < -0.39 is 0 Å². The van der Waals surface area contributed by atoms with Crippen LogP contribution in [0.15, 0.2) is 58.4 Å². The zero-order valence-corrected chi connectivity index (χ0v) is 21.5. The molecule has 1 amide bonds. The van der Waals surface area contributed by atoms with Crippen LogP contribution in [-0.4, -0.2) is 31.4 Å². The number of fused-ring (bicyclic) bond motifs is 1. The van der Waals surface area contributed by atoms with E-state index in [0.717, 1.165) is 12.8 Å². The normalized spacial score (nSPS) is 17.7. The quantitative estimate of drug-likeness (QED) is 0.350. The summed E-state index contributed by atoms with van der Waals surface area (Å²) >= 11 is 5.90. The van der Waals surface area contributed by atoms with Crippen LogP contribution in [0, 0.1) is 0 Å². The third kappa shape index (κ3) is 5.03. The van der Waals surface area contributed by atoms with Crippen LogP contribution in [0.25, 0.3) is 11.7 Å². The van der Waals surface area contributed by atoms with Gasteiger partial charge in [-0.2, -0.15) is 4.98 Å². The maximum Gasteiger partial charge on any atom is 0.269 e. The van der Waals surface area contributed by atoms with Crippen molar-refractivity contribution in [2.24, 2.45) is 0 Å². The topological polar surface area (TPSA) is 63.9 Å².